The third kappa shape index (κ3) is 4.90. The molecule has 0 saturated carbocycles. The average Bonchev–Trinajstić information content (AvgIpc) is 1.87. The highest BCUT2D eigenvalue weighted by Gasteiger charge is 1.80. The molecule has 10 heavy (non-hydrogen) atoms. The van der Waals surface area contributed by atoms with Gasteiger partial charge in [0.05, 0.1) is 0 Å². The predicted octanol–water partition coefficient (Wildman–Crippen LogP) is 1.56. The molecular weight excluding hydrogens is 131 g/mol. The maximum absolute atomic E-state index is 11.9. The van der Waals surface area contributed by atoms with Crippen molar-refractivity contribution >= 4 is 0 Å². The molecule has 0 atom stereocenters. The highest BCUT2D eigenvalue weighted by molar-refractivity contribution is 5.10. The van der Waals surface area contributed by atoms with E-state index in [1.807, 2.05) is 0 Å². The second kappa shape index (κ2) is 4.61. The number of hydrogen-bond donors (Lipinski definition) is 1. The second-order valence-electron chi connectivity index (χ2n) is 1.71. The van der Waals surface area contributed by atoms with Crippen molar-refractivity contribution in [3.63, 3.8) is 0 Å². The molecule has 0 rings (SSSR count). The van der Waals surface area contributed by atoms with Gasteiger partial charge in [0.1, 0.15) is 0 Å². The van der Waals surface area contributed by atoms with Crippen LogP contribution in [0.3, 0.4) is 0 Å². The summed E-state index contributed by atoms with van der Waals surface area (Å²) in [6.07, 6.45) is 4.21. The number of rotatable bonds is 4. The van der Waals surface area contributed by atoms with E-state index < -0.39 is 0 Å². The summed E-state index contributed by atoms with van der Waals surface area (Å²) in [5, 5.41) is 3.12. The van der Waals surface area contributed by atoms with Gasteiger partial charge in [-0.15, -0.1) is 4.48 Å². The van der Waals surface area contributed by atoms with E-state index in [0.29, 0.717) is 10.8 Å². The van der Waals surface area contributed by atoms with E-state index in [1.54, 1.807) is 6.08 Å². The molecule has 0 aromatic carbocycles. The maximum Gasteiger partial charge on any atom is 0.0483 e. The van der Waals surface area contributed by atoms with Crippen LogP contribution in [-0.4, -0.2) is 12.2 Å². The van der Waals surface area contributed by atoms with Gasteiger partial charge in [0.25, 0.3) is 0 Å². The third-order valence-corrected chi connectivity index (χ3v) is 0.795. The Labute approximate surface area is 60.3 Å². The van der Waals surface area contributed by atoms with Crippen molar-refractivity contribution < 1.29 is 4.48 Å². The summed E-state index contributed by atoms with van der Waals surface area (Å²) in [5.74, 6) is 0. The molecule has 0 aliphatic carbocycles. The van der Waals surface area contributed by atoms with Gasteiger partial charge in [-0.1, -0.05) is 13.2 Å². The van der Waals surface area contributed by atoms with Crippen molar-refractivity contribution in [3.8, 4) is 0 Å². The molecule has 1 N–H and O–H groups in total. The summed E-state index contributed by atoms with van der Waals surface area (Å²) in [6, 6.07) is 0. The minimum absolute atomic E-state index is 0.434. The first kappa shape index (κ1) is 8.75. The topological polar surface area (TPSA) is 15.3 Å². The Morgan fingerprint density at radius 1 is 1.70 bits per heavy atom. The molecule has 0 aliphatic heterocycles. The van der Waals surface area contributed by atoms with Crippen LogP contribution < -0.4 is 5.32 Å². The molecule has 0 aromatic heterocycles. The van der Waals surface area contributed by atoms with Crippen LogP contribution in [0.4, 0.5) is 4.48 Å². The maximum atomic E-state index is 11.9. The average molecular weight is 142 g/mol. The Hall–Kier alpha value is -1.25. The standard InChI is InChI=1S/C7H11FN2/c1-4-7(2)9-5-6-10(3)8/h4-6,9H,1-2H2,3H3/b6-5-. The molecule has 0 bridgehead atoms. The summed E-state index contributed by atoms with van der Waals surface area (Å²) in [6.45, 7) is 7.00. The molecule has 2 nitrogen and oxygen atoms in total. The molecule has 0 saturated heterocycles. The number of nitrogens with zero attached hydrogens (tertiary/aromatic N) is 1. The Morgan fingerprint density at radius 2 is 2.30 bits per heavy atom. The lowest BCUT2D eigenvalue weighted by molar-refractivity contribution is 0.128. The fourth-order valence-corrected chi connectivity index (χ4v) is 0.306. The van der Waals surface area contributed by atoms with Crippen LogP contribution >= 0.6 is 0 Å². The molecule has 3 heteroatoms. The smallest absolute Gasteiger partial charge is 0.0483 e. The Balaban J connectivity index is 3.53. The molecule has 0 fully saturated rings. The van der Waals surface area contributed by atoms with E-state index in [2.05, 4.69) is 18.5 Å². The third-order valence-electron chi connectivity index (χ3n) is 0.795. The van der Waals surface area contributed by atoms with Crippen LogP contribution in [0.5, 0.6) is 0 Å². The van der Waals surface area contributed by atoms with Crippen molar-refractivity contribution in [2.75, 3.05) is 7.05 Å². The summed E-state index contributed by atoms with van der Waals surface area (Å²) in [5.41, 5.74) is 0.637. The zero-order valence-electron chi connectivity index (χ0n) is 5.97. The van der Waals surface area contributed by atoms with Gasteiger partial charge in [-0.05, 0) is 6.08 Å². The number of nitrogens with one attached hydrogen (secondary N) is 1. The van der Waals surface area contributed by atoms with Gasteiger partial charge in [0.15, 0.2) is 0 Å². The van der Waals surface area contributed by atoms with Gasteiger partial charge in [0, 0.05) is 25.1 Å². The highest BCUT2D eigenvalue weighted by atomic mass is 19.2. The minimum atomic E-state index is 0.434. The van der Waals surface area contributed by atoms with Crippen LogP contribution in [0.15, 0.2) is 37.3 Å². The SMILES string of the molecule is C=CC(=C)N/C=C\N(C)F. The molecule has 0 unspecified atom stereocenters. The zero-order valence-corrected chi connectivity index (χ0v) is 5.97. The van der Waals surface area contributed by atoms with Crippen LogP contribution in [0.1, 0.15) is 0 Å². The first-order chi connectivity index (χ1) is 4.66. The van der Waals surface area contributed by atoms with E-state index >= 15 is 0 Å². The Morgan fingerprint density at radius 3 is 2.70 bits per heavy atom. The molecular formula is C7H11FN2. The normalized spacial score (nSPS) is 9.40. The molecule has 0 radical (unpaired) electrons. The lowest BCUT2D eigenvalue weighted by Gasteiger charge is -1.99. The Kier molecular flexibility index (Phi) is 4.04. The van der Waals surface area contributed by atoms with Crippen LogP contribution in [-0.2, 0) is 0 Å². The van der Waals surface area contributed by atoms with Gasteiger partial charge >= 0.3 is 0 Å². The summed E-state index contributed by atoms with van der Waals surface area (Å²) < 4.78 is 11.9. The number of halogens is 1. The van der Waals surface area contributed by atoms with Gasteiger partial charge < -0.3 is 5.32 Å². The predicted molar refractivity (Wildman–Crippen MR) is 40.5 cm³/mol. The highest BCUT2D eigenvalue weighted by Crippen LogP contribution is 1.85. The van der Waals surface area contributed by atoms with Crippen molar-refractivity contribution in [2.45, 2.75) is 0 Å². The van der Waals surface area contributed by atoms with Crippen molar-refractivity contribution in [1.82, 2.24) is 10.4 Å². The van der Waals surface area contributed by atoms with Gasteiger partial charge in [-0.3, -0.25) is 0 Å². The molecule has 0 spiro atoms. The van der Waals surface area contributed by atoms with Crippen molar-refractivity contribution in [2.24, 2.45) is 0 Å². The van der Waals surface area contributed by atoms with E-state index in [-0.39, 0.29) is 0 Å². The zero-order chi connectivity index (χ0) is 7.98. The monoisotopic (exact) mass is 142 g/mol. The van der Waals surface area contributed by atoms with E-state index in [0.717, 1.165) is 0 Å². The lowest BCUT2D eigenvalue weighted by Crippen LogP contribution is -2.03. The fourth-order valence-electron chi connectivity index (χ4n) is 0.306. The summed E-state index contributed by atoms with van der Waals surface area (Å²) in [4.78, 5) is 0. The molecule has 0 aliphatic rings. The lowest BCUT2D eigenvalue weighted by atomic mass is 10.5. The van der Waals surface area contributed by atoms with Gasteiger partial charge in [0.2, 0.25) is 0 Å². The molecule has 0 heterocycles. The quantitative estimate of drug-likeness (QED) is 0.473. The van der Waals surface area contributed by atoms with E-state index in [9.17, 15) is 4.48 Å². The minimum Gasteiger partial charge on any atom is -0.361 e. The van der Waals surface area contributed by atoms with Crippen molar-refractivity contribution in [1.29, 1.82) is 0 Å². The van der Waals surface area contributed by atoms with Gasteiger partial charge in [-0.2, -0.15) is 0 Å². The van der Waals surface area contributed by atoms with Crippen LogP contribution in [0.25, 0.3) is 0 Å². The first-order valence-electron chi connectivity index (χ1n) is 2.80. The molecule has 0 aromatic rings. The van der Waals surface area contributed by atoms with E-state index in [1.165, 1.54) is 19.4 Å². The second-order valence-corrected chi connectivity index (χ2v) is 1.71. The first-order valence-corrected chi connectivity index (χ1v) is 2.80. The summed E-state index contributed by atoms with van der Waals surface area (Å²) >= 11 is 0. The number of allylic oxidation sites excluding steroid dienone is 1. The fraction of sp³-hybridized carbons (Fsp3) is 0.143. The molecule has 56 valence electrons. The van der Waals surface area contributed by atoms with Crippen LogP contribution in [0.2, 0.25) is 0 Å². The van der Waals surface area contributed by atoms with E-state index in [4.69, 9.17) is 0 Å². The largest absolute Gasteiger partial charge is 0.361 e. The summed E-state index contributed by atoms with van der Waals surface area (Å²) in [7, 11) is 1.29. The molecule has 0 amide bonds. The van der Waals surface area contributed by atoms with Crippen molar-refractivity contribution in [3.05, 3.63) is 37.3 Å². The Bertz CT molecular complexity index is 150. The number of hydrogen-bond acceptors (Lipinski definition) is 2. The van der Waals surface area contributed by atoms with Crippen LogP contribution in [0, 0.1) is 0 Å². The van der Waals surface area contributed by atoms with Gasteiger partial charge in [-0.25, -0.2) is 5.12 Å².